The van der Waals surface area contributed by atoms with Crippen LogP contribution in [0.2, 0.25) is 0 Å². The molecule has 2 fully saturated rings. The van der Waals surface area contributed by atoms with Crippen LogP contribution < -0.4 is 5.32 Å². The van der Waals surface area contributed by atoms with E-state index < -0.39 is 0 Å². The second-order valence-corrected chi connectivity index (χ2v) is 6.93. The van der Waals surface area contributed by atoms with E-state index in [-0.39, 0.29) is 12.0 Å². The van der Waals surface area contributed by atoms with Gasteiger partial charge in [-0.3, -0.25) is 9.69 Å². The van der Waals surface area contributed by atoms with Crippen molar-refractivity contribution in [1.82, 2.24) is 25.3 Å². The van der Waals surface area contributed by atoms with Crippen molar-refractivity contribution in [2.75, 3.05) is 39.8 Å². The lowest BCUT2D eigenvalue weighted by atomic mass is 10.1. The van der Waals surface area contributed by atoms with Gasteiger partial charge in [0.15, 0.2) is 5.82 Å². The summed E-state index contributed by atoms with van der Waals surface area (Å²) in [7, 11) is 1.63. The molecule has 0 spiro atoms. The quantitative estimate of drug-likeness (QED) is 0.817. The minimum atomic E-state index is -0.168. The van der Waals surface area contributed by atoms with Gasteiger partial charge in [0.1, 0.15) is 6.10 Å². The van der Waals surface area contributed by atoms with Crippen molar-refractivity contribution in [3.8, 4) is 0 Å². The Kier molecular flexibility index (Phi) is 6.39. The fourth-order valence-corrected chi connectivity index (χ4v) is 3.44. The number of carbonyl (C=O) groups excluding carboxylic acids is 1. The first-order valence-corrected chi connectivity index (χ1v) is 9.24. The molecular formula is C17H29N5O3. The number of ether oxygens (including phenoxy) is 1. The van der Waals surface area contributed by atoms with Gasteiger partial charge in [-0.05, 0) is 32.7 Å². The Morgan fingerprint density at radius 2 is 2.24 bits per heavy atom. The Bertz CT molecular complexity index is 558. The molecule has 8 heteroatoms. The van der Waals surface area contributed by atoms with Crippen LogP contribution in [0.15, 0.2) is 4.52 Å². The zero-order valence-electron chi connectivity index (χ0n) is 15.2. The zero-order chi connectivity index (χ0) is 17.6. The fraction of sp³-hybridized carbons (Fsp3) is 0.824. The number of hydrogen-bond acceptors (Lipinski definition) is 7. The van der Waals surface area contributed by atoms with Gasteiger partial charge in [0.2, 0.25) is 11.8 Å². The molecule has 2 aliphatic heterocycles. The number of carbonyl (C=O) groups is 1. The van der Waals surface area contributed by atoms with E-state index in [1.54, 1.807) is 7.11 Å². The van der Waals surface area contributed by atoms with Gasteiger partial charge < -0.3 is 19.5 Å². The molecule has 3 heterocycles. The highest BCUT2D eigenvalue weighted by atomic mass is 16.5. The maximum Gasteiger partial charge on any atom is 0.240 e. The van der Waals surface area contributed by atoms with Crippen LogP contribution in [0.4, 0.5) is 0 Å². The normalized spacial score (nSPS) is 23.6. The molecule has 1 aromatic rings. The SMILES string of the molecule is COC(C)c1noc(CN2CCCN(C(=O)CC3CCCN3)CC2)n1. The molecule has 2 saturated heterocycles. The third-order valence-corrected chi connectivity index (χ3v) is 5.08. The second-order valence-electron chi connectivity index (χ2n) is 6.93. The molecule has 8 nitrogen and oxygen atoms in total. The van der Waals surface area contributed by atoms with Gasteiger partial charge in [-0.25, -0.2) is 0 Å². The molecule has 2 atom stereocenters. The predicted octanol–water partition coefficient (Wildman–Crippen LogP) is 0.953. The van der Waals surface area contributed by atoms with Crippen LogP contribution in [0.3, 0.4) is 0 Å². The molecule has 0 aromatic carbocycles. The Morgan fingerprint density at radius 3 is 3.00 bits per heavy atom. The number of methoxy groups -OCH3 is 1. The molecule has 1 N–H and O–H groups in total. The van der Waals surface area contributed by atoms with E-state index >= 15 is 0 Å². The van der Waals surface area contributed by atoms with Gasteiger partial charge in [0, 0.05) is 45.8 Å². The highest BCUT2D eigenvalue weighted by molar-refractivity contribution is 5.76. The van der Waals surface area contributed by atoms with Crippen molar-refractivity contribution in [2.45, 2.75) is 51.3 Å². The van der Waals surface area contributed by atoms with Crippen LogP contribution in [0, 0.1) is 0 Å². The number of hydrogen-bond donors (Lipinski definition) is 1. The van der Waals surface area contributed by atoms with Gasteiger partial charge >= 0.3 is 0 Å². The van der Waals surface area contributed by atoms with E-state index in [1.165, 1.54) is 6.42 Å². The molecule has 0 radical (unpaired) electrons. The third kappa shape index (κ3) is 4.99. The summed E-state index contributed by atoms with van der Waals surface area (Å²) in [6, 6.07) is 0.367. The number of rotatable bonds is 6. The monoisotopic (exact) mass is 351 g/mol. The first-order chi connectivity index (χ1) is 12.2. The van der Waals surface area contributed by atoms with Crippen molar-refractivity contribution in [3.63, 3.8) is 0 Å². The molecule has 2 aliphatic rings. The van der Waals surface area contributed by atoms with E-state index in [2.05, 4.69) is 20.4 Å². The summed E-state index contributed by atoms with van der Waals surface area (Å²) >= 11 is 0. The molecule has 0 aliphatic carbocycles. The van der Waals surface area contributed by atoms with Crippen LogP contribution in [0.5, 0.6) is 0 Å². The minimum Gasteiger partial charge on any atom is -0.374 e. The predicted molar refractivity (Wildman–Crippen MR) is 91.8 cm³/mol. The van der Waals surface area contributed by atoms with Gasteiger partial charge in [-0.1, -0.05) is 5.16 Å². The van der Waals surface area contributed by atoms with Crippen LogP contribution in [0.25, 0.3) is 0 Å². The maximum absolute atomic E-state index is 12.5. The summed E-state index contributed by atoms with van der Waals surface area (Å²) in [5.74, 6) is 1.46. The highest BCUT2D eigenvalue weighted by Crippen LogP contribution is 2.15. The summed E-state index contributed by atoms with van der Waals surface area (Å²) in [6.07, 6.45) is 3.73. The fourth-order valence-electron chi connectivity index (χ4n) is 3.44. The second kappa shape index (κ2) is 8.73. The van der Waals surface area contributed by atoms with E-state index in [9.17, 15) is 4.79 Å². The minimum absolute atomic E-state index is 0.168. The van der Waals surface area contributed by atoms with Crippen molar-refractivity contribution in [1.29, 1.82) is 0 Å². The van der Waals surface area contributed by atoms with Gasteiger partial charge in [0.05, 0.1) is 6.54 Å². The molecule has 0 bridgehead atoms. The lowest BCUT2D eigenvalue weighted by Crippen LogP contribution is -2.38. The lowest BCUT2D eigenvalue weighted by molar-refractivity contribution is -0.131. The largest absolute Gasteiger partial charge is 0.374 e. The van der Waals surface area contributed by atoms with Gasteiger partial charge in [-0.15, -0.1) is 0 Å². The van der Waals surface area contributed by atoms with Crippen LogP contribution in [-0.4, -0.2) is 71.7 Å². The molecule has 25 heavy (non-hydrogen) atoms. The lowest BCUT2D eigenvalue weighted by Gasteiger charge is -2.22. The van der Waals surface area contributed by atoms with Gasteiger partial charge in [0.25, 0.3) is 0 Å². The molecule has 140 valence electrons. The van der Waals surface area contributed by atoms with Crippen LogP contribution >= 0.6 is 0 Å². The van der Waals surface area contributed by atoms with Crippen LogP contribution in [0.1, 0.15) is 50.4 Å². The average Bonchev–Trinajstić information content (AvgIpc) is 3.23. The van der Waals surface area contributed by atoms with E-state index in [1.807, 2.05) is 11.8 Å². The van der Waals surface area contributed by atoms with E-state index in [0.29, 0.717) is 30.7 Å². The maximum atomic E-state index is 12.5. The van der Waals surface area contributed by atoms with Crippen molar-refractivity contribution in [3.05, 3.63) is 11.7 Å². The summed E-state index contributed by atoms with van der Waals surface area (Å²) in [5.41, 5.74) is 0. The molecule has 1 aromatic heterocycles. The Hall–Kier alpha value is -1.51. The molecule has 0 saturated carbocycles. The average molecular weight is 351 g/mol. The summed E-state index contributed by atoms with van der Waals surface area (Å²) in [5, 5.41) is 7.37. The van der Waals surface area contributed by atoms with Crippen molar-refractivity contribution < 1.29 is 14.1 Å². The highest BCUT2D eigenvalue weighted by Gasteiger charge is 2.24. The Balaban J connectivity index is 1.47. The van der Waals surface area contributed by atoms with Gasteiger partial charge in [-0.2, -0.15) is 4.98 Å². The van der Waals surface area contributed by atoms with Crippen molar-refractivity contribution in [2.24, 2.45) is 0 Å². The zero-order valence-corrected chi connectivity index (χ0v) is 15.2. The Morgan fingerprint density at radius 1 is 1.36 bits per heavy atom. The molecular weight excluding hydrogens is 322 g/mol. The Labute approximate surface area is 148 Å². The third-order valence-electron chi connectivity index (χ3n) is 5.08. The number of nitrogens with one attached hydrogen (secondary N) is 1. The standard InChI is InChI=1S/C17H29N5O3/c1-13(24-2)17-19-15(25-20-17)12-21-7-4-8-22(10-9-21)16(23)11-14-5-3-6-18-14/h13-14,18H,3-12H2,1-2H3. The summed E-state index contributed by atoms with van der Waals surface area (Å²) < 4.78 is 10.5. The number of amides is 1. The number of nitrogens with zero attached hydrogens (tertiary/aromatic N) is 4. The summed E-state index contributed by atoms with van der Waals surface area (Å²) in [6.45, 7) is 6.92. The van der Waals surface area contributed by atoms with Crippen LogP contribution in [-0.2, 0) is 16.1 Å². The van der Waals surface area contributed by atoms with E-state index in [0.717, 1.165) is 45.6 Å². The smallest absolute Gasteiger partial charge is 0.240 e. The number of aromatic nitrogens is 2. The molecule has 3 rings (SSSR count). The summed E-state index contributed by atoms with van der Waals surface area (Å²) in [4.78, 5) is 21.2. The molecule has 1 amide bonds. The van der Waals surface area contributed by atoms with E-state index in [4.69, 9.17) is 9.26 Å². The topological polar surface area (TPSA) is 83.7 Å². The first-order valence-electron chi connectivity index (χ1n) is 9.24. The first kappa shape index (κ1) is 18.3. The molecule has 2 unspecified atom stereocenters. The van der Waals surface area contributed by atoms with Crippen molar-refractivity contribution >= 4 is 5.91 Å².